The maximum absolute atomic E-state index is 13.2. The van der Waals surface area contributed by atoms with Gasteiger partial charge in [-0.25, -0.2) is 4.79 Å². The lowest BCUT2D eigenvalue weighted by atomic mass is 10.0. The van der Waals surface area contributed by atoms with Gasteiger partial charge in [0.2, 0.25) is 5.78 Å². The van der Waals surface area contributed by atoms with E-state index in [9.17, 15) is 14.9 Å². The molecule has 0 radical (unpaired) electrons. The summed E-state index contributed by atoms with van der Waals surface area (Å²) in [7, 11) is 1.33. The van der Waals surface area contributed by atoms with E-state index in [-0.39, 0.29) is 11.4 Å². The topological polar surface area (TPSA) is 90.6 Å². The summed E-state index contributed by atoms with van der Waals surface area (Å²) in [6, 6.07) is 16.0. The van der Waals surface area contributed by atoms with E-state index in [1.54, 1.807) is 54.6 Å². The van der Waals surface area contributed by atoms with Crippen molar-refractivity contribution in [2.45, 2.75) is 13.8 Å². The van der Waals surface area contributed by atoms with E-state index in [1.807, 2.05) is 24.5 Å². The molecule has 1 aromatic heterocycles. The van der Waals surface area contributed by atoms with Crippen molar-refractivity contribution in [3.05, 3.63) is 82.2 Å². The number of fused-ring (bicyclic) bond motifs is 1. The van der Waals surface area contributed by atoms with Crippen LogP contribution in [0.5, 0.6) is 11.5 Å². The van der Waals surface area contributed by atoms with Crippen LogP contribution in [-0.2, 0) is 4.74 Å². The lowest BCUT2D eigenvalue weighted by Crippen LogP contribution is -2.15. The monoisotopic (exact) mass is 442 g/mol. The lowest BCUT2D eigenvalue weighted by Gasteiger charge is -2.18. The van der Waals surface area contributed by atoms with Gasteiger partial charge in [-0.2, -0.15) is 5.26 Å². The maximum Gasteiger partial charge on any atom is 0.337 e. The zero-order chi connectivity index (χ0) is 23.5. The molecular weight excluding hydrogens is 420 g/mol. The highest BCUT2D eigenvalue weighted by atomic mass is 16.6. The number of ketones is 1. The quantitative estimate of drug-likeness (QED) is 0.251. The number of nitriles is 1. The second kappa shape index (κ2) is 9.05. The number of esters is 1. The van der Waals surface area contributed by atoms with Crippen LogP contribution in [0.15, 0.2) is 54.1 Å². The highest BCUT2D eigenvalue weighted by Gasteiger charge is 2.21. The molecule has 4 rings (SSSR count). The first-order chi connectivity index (χ1) is 15.9. The predicted octanol–water partition coefficient (Wildman–Crippen LogP) is 4.44. The van der Waals surface area contributed by atoms with E-state index in [0.29, 0.717) is 47.1 Å². The van der Waals surface area contributed by atoms with Gasteiger partial charge in [0.05, 0.1) is 12.7 Å². The first-order valence-electron chi connectivity index (χ1n) is 10.4. The van der Waals surface area contributed by atoms with Gasteiger partial charge in [-0.1, -0.05) is 6.07 Å². The van der Waals surface area contributed by atoms with E-state index < -0.39 is 5.97 Å². The average molecular weight is 442 g/mol. The van der Waals surface area contributed by atoms with Crippen LogP contribution in [0.3, 0.4) is 0 Å². The Kier molecular flexibility index (Phi) is 6.01. The fraction of sp³-hybridized carbons (Fsp3) is 0.192. The molecule has 0 unspecified atom stereocenters. The number of hydrogen-bond donors (Lipinski definition) is 0. The van der Waals surface area contributed by atoms with Gasteiger partial charge in [0.1, 0.15) is 24.9 Å². The Balaban J connectivity index is 1.66. The first kappa shape index (κ1) is 21.9. The zero-order valence-electron chi connectivity index (χ0n) is 18.5. The molecule has 1 aliphatic heterocycles. The van der Waals surface area contributed by atoms with Crippen LogP contribution in [-0.4, -0.2) is 36.6 Å². The molecule has 7 heteroatoms. The van der Waals surface area contributed by atoms with Crippen molar-refractivity contribution in [3.63, 3.8) is 0 Å². The Morgan fingerprint density at radius 3 is 2.39 bits per heavy atom. The summed E-state index contributed by atoms with van der Waals surface area (Å²) in [4.78, 5) is 24.9. The smallest absolute Gasteiger partial charge is 0.337 e. The molecule has 0 N–H and O–H groups in total. The minimum atomic E-state index is -0.415. The highest BCUT2D eigenvalue weighted by Crippen LogP contribution is 2.32. The van der Waals surface area contributed by atoms with Gasteiger partial charge >= 0.3 is 5.97 Å². The van der Waals surface area contributed by atoms with Crippen molar-refractivity contribution in [3.8, 4) is 23.3 Å². The summed E-state index contributed by atoms with van der Waals surface area (Å²) in [5, 5.41) is 9.70. The minimum absolute atomic E-state index is 0.0213. The number of aryl methyl sites for hydroxylation is 1. The molecule has 0 atom stereocenters. The third kappa shape index (κ3) is 4.23. The van der Waals surface area contributed by atoms with Crippen LogP contribution >= 0.6 is 0 Å². The van der Waals surface area contributed by atoms with Gasteiger partial charge in [-0.3, -0.25) is 4.79 Å². The molecule has 3 aromatic rings. The SMILES string of the molecule is COC(=O)c1ccc(-n2c(C)cc(C(=O)C(C#N)=Cc3ccc4c(c3)OCCO4)c2C)cc1. The van der Waals surface area contributed by atoms with Gasteiger partial charge in [-0.15, -0.1) is 0 Å². The van der Waals surface area contributed by atoms with Crippen molar-refractivity contribution in [2.75, 3.05) is 20.3 Å². The van der Waals surface area contributed by atoms with Crippen LogP contribution in [0.2, 0.25) is 0 Å². The Labute approximate surface area is 191 Å². The minimum Gasteiger partial charge on any atom is -0.486 e. The zero-order valence-corrected chi connectivity index (χ0v) is 18.5. The second-order valence-corrected chi connectivity index (χ2v) is 7.56. The summed E-state index contributed by atoms with van der Waals surface area (Å²) < 4.78 is 17.8. The molecule has 0 bridgehead atoms. The molecule has 2 aromatic carbocycles. The van der Waals surface area contributed by atoms with Gasteiger partial charge in [0, 0.05) is 22.6 Å². The summed E-state index contributed by atoms with van der Waals surface area (Å²) in [5.41, 5.74) is 3.91. The van der Waals surface area contributed by atoms with Gasteiger partial charge < -0.3 is 18.8 Å². The number of allylic oxidation sites excluding steroid dienone is 1. The number of carbonyl (C=O) groups excluding carboxylic acids is 2. The fourth-order valence-electron chi connectivity index (χ4n) is 3.86. The normalized spacial score (nSPS) is 12.7. The molecule has 1 aliphatic rings. The van der Waals surface area contributed by atoms with Crippen molar-refractivity contribution in [1.29, 1.82) is 5.26 Å². The molecule has 33 heavy (non-hydrogen) atoms. The number of Topliss-reactive ketones (excluding diaryl/α,β-unsaturated/α-hetero) is 1. The van der Waals surface area contributed by atoms with Crippen molar-refractivity contribution < 1.29 is 23.8 Å². The van der Waals surface area contributed by atoms with Crippen LogP contribution in [0, 0.1) is 25.2 Å². The molecule has 0 fully saturated rings. The molecule has 0 amide bonds. The number of carbonyl (C=O) groups is 2. The van der Waals surface area contributed by atoms with E-state index in [0.717, 1.165) is 11.4 Å². The summed E-state index contributed by atoms with van der Waals surface area (Å²) >= 11 is 0. The molecule has 7 nitrogen and oxygen atoms in total. The second-order valence-electron chi connectivity index (χ2n) is 7.56. The van der Waals surface area contributed by atoms with E-state index in [4.69, 9.17) is 14.2 Å². The van der Waals surface area contributed by atoms with Crippen molar-refractivity contribution in [1.82, 2.24) is 4.57 Å². The number of aromatic nitrogens is 1. The largest absolute Gasteiger partial charge is 0.486 e. The van der Waals surface area contributed by atoms with Crippen LogP contribution in [0.4, 0.5) is 0 Å². The third-order valence-corrected chi connectivity index (χ3v) is 5.46. The summed E-state index contributed by atoms with van der Waals surface area (Å²) in [5.74, 6) is 0.456. The van der Waals surface area contributed by atoms with E-state index >= 15 is 0 Å². The molecule has 0 spiro atoms. The number of benzene rings is 2. The Morgan fingerprint density at radius 1 is 1.03 bits per heavy atom. The van der Waals surface area contributed by atoms with Crippen molar-refractivity contribution >= 4 is 17.8 Å². The van der Waals surface area contributed by atoms with Crippen LogP contribution in [0.25, 0.3) is 11.8 Å². The van der Waals surface area contributed by atoms with Crippen LogP contribution in [0.1, 0.15) is 37.7 Å². The number of rotatable bonds is 5. The molecule has 2 heterocycles. The maximum atomic E-state index is 13.2. The number of hydrogen-bond acceptors (Lipinski definition) is 6. The molecule has 0 saturated carbocycles. The Morgan fingerprint density at radius 2 is 1.73 bits per heavy atom. The highest BCUT2D eigenvalue weighted by molar-refractivity contribution is 6.14. The predicted molar refractivity (Wildman–Crippen MR) is 122 cm³/mol. The van der Waals surface area contributed by atoms with Gasteiger partial charge in [0.15, 0.2) is 11.5 Å². The van der Waals surface area contributed by atoms with Crippen molar-refractivity contribution in [2.24, 2.45) is 0 Å². The summed E-state index contributed by atoms with van der Waals surface area (Å²) in [6.07, 6.45) is 1.55. The average Bonchev–Trinajstić information content (AvgIpc) is 3.15. The van der Waals surface area contributed by atoms with E-state index in [1.165, 1.54) is 7.11 Å². The Bertz CT molecular complexity index is 1310. The third-order valence-electron chi connectivity index (χ3n) is 5.46. The fourth-order valence-corrected chi connectivity index (χ4v) is 3.86. The standard InChI is InChI=1S/C26H22N2O5/c1-16-12-22(17(2)28(16)21-7-5-19(6-8-21)26(30)31-3)25(29)20(15-27)13-18-4-9-23-24(14-18)33-11-10-32-23/h4-9,12-14H,10-11H2,1-3H3. The number of nitrogens with zero attached hydrogens (tertiary/aromatic N) is 2. The summed E-state index contributed by atoms with van der Waals surface area (Å²) in [6.45, 7) is 4.66. The van der Waals surface area contributed by atoms with Crippen LogP contribution < -0.4 is 9.47 Å². The number of methoxy groups -OCH3 is 1. The Hall–Kier alpha value is -4.31. The molecule has 0 aliphatic carbocycles. The lowest BCUT2D eigenvalue weighted by molar-refractivity contribution is 0.0600. The molecule has 0 saturated heterocycles. The van der Waals surface area contributed by atoms with E-state index in [2.05, 4.69) is 0 Å². The first-order valence-corrected chi connectivity index (χ1v) is 10.4. The molecular formula is C26H22N2O5. The molecule has 166 valence electrons. The van der Waals surface area contributed by atoms with Gasteiger partial charge in [0.25, 0.3) is 0 Å². The number of ether oxygens (including phenoxy) is 3. The van der Waals surface area contributed by atoms with Gasteiger partial charge in [-0.05, 0) is 68.0 Å².